The lowest BCUT2D eigenvalue weighted by atomic mass is 9.87. The number of aliphatic carboxylic acids is 3. The van der Waals surface area contributed by atoms with Crippen LogP contribution >= 0.6 is 0 Å². The van der Waals surface area contributed by atoms with Gasteiger partial charge in [0.1, 0.15) is 17.9 Å². The molecular weight excluding hydrogens is 336 g/mol. The van der Waals surface area contributed by atoms with Crippen LogP contribution in [0.1, 0.15) is 46.5 Å². The Kier molecular flexibility index (Phi) is 8.58. The van der Waals surface area contributed by atoms with E-state index in [-0.39, 0.29) is 25.0 Å². The molecule has 0 bridgehead atoms. The topological polar surface area (TPSA) is 170 Å². The van der Waals surface area contributed by atoms with Gasteiger partial charge in [-0.1, -0.05) is 20.8 Å². The summed E-state index contributed by atoms with van der Waals surface area (Å²) in [6, 6.07) is -3.91. The maximum Gasteiger partial charge on any atom is 0.326 e. The molecule has 10 heteroatoms. The summed E-state index contributed by atoms with van der Waals surface area (Å²) in [6.45, 7) is 5.06. The first-order chi connectivity index (χ1) is 11.3. The molecule has 0 aliphatic rings. The number of carbonyl (C=O) groups excluding carboxylic acids is 2. The minimum atomic E-state index is -1.47. The Morgan fingerprint density at radius 1 is 0.800 bits per heavy atom. The first kappa shape index (κ1) is 22.4. The lowest BCUT2D eigenvalue weighted by Gasteiger charge is -2.20. The summed E-state index contributed by atoms with van der Waals surface area (Å²) < 4.78 is 0. The van der Waals surface area contributed by atoms with Gasteiger partial charge in [-0.05, 0) is 12.8 Å². The molecule has 25 heavy (non-hydrogen) atoms. The van der Waals surface area contributed by atoms with Gasteiger partial charge in [-0.15, -0.1) is 0 Å². The van der Waals surface area contributed by atoms with E-state index in [1.54, 1.807) is 20.8 Å². The highest BCUT2D eigenvalue weighted by molar-refractivity contribution is 5.87. The number of carbonyl (C=O) groups is 5. The molecule has 0 saturated heterocycles. The van der Waals surface area contributed by atoms with Crippen LogP contribution in [0.3, 0.4) is 0 Å². The minimum Gasteiger partial charge on any atom is -0.481 e. The number of Topliss-reactive ketones (excluding diaryl/α,β-unsaturated/α-hetero) is 1. The highest BCUT2D eigenvalue weighted by Crippen LogP contribution is 2.18. The monoisotopic (exact) mass is 360 g/mol. The van der Waals surface area contributed by atoms with Crippen molar-refractivity contribution < 1.29 is 39.3 Å². The molecule has 0 spiro atoms. The quantitative estimate of drug-likeness (QED) is 0.374. The van der Waals surface area contributed by atoms with Crippen molar-refractivity contribution in [1.29, 1.82) is 0 Å². The number of hydrogen-bond donors (Lipinski definition) is 5. The second-order valence-electron chi connectivity index (χ2n) is 6.54. The molecule has 0 radical (unpaired) electrons. The van der Waals surface area contributed by atoms with Gasteiger partial charge < -0.3 is 26.0 Å². The van der Waals surface area contributed by atoms with Gasteiger partial charge in [0, 0.05) is 18.3 Å². The highest BCUT2D eigenvalue weighted by atomic mass is 16.4. The third-order valence-corrected chi connectivity index (χ3v) is 3.35. The number of nitrogens with one attached hydrogen (secondary N) is 2. The Morgan fingerprint density at radius 2 is 1.20 bits per heavy atom. The summed E-state index contributed by atoms with van der Waals surface area (Å²) >= 11 is 0. The number of hydrogen-bond acceptors (Lipinski definition) is 5. The molecular formula is C15H24N2O8. The van der Waals surface area contributed by atoms with Crippen LogP contribution in [0.4, 0.5) is 4.79 Å². The van der Waals surface area contributed by atoms with E-state index in [0.29, 0.717) is 0 Å². The summed E-state index contributed by atoms with van der Waals surface area (Å²) in [5.41, 5.74) is -0.642. The zero-order valence-corrected chi connectivity index (χ0v) is 14.4. The van der Waals surface area contributed by atoms with Crippen LogP contribution < -0.4 is 10.6 Å². The maximum absolute atomic E-state index is 11.8. The van der Waals surface area contributed by atoms with Crippen LogP contribution in [-0.4, -0.2) is 57.1 Å². The molecule has 0 aromatic heterocycles. The van der Waals surface area contributed by atoms with Crippen molar-refractivity contribution in [3.05, 3.63) is 0 Å². The summed E-state index contributed by atoms with van der Waals surface area (Å²) in [6.07, 6.45) is -1.04. The van der Waals surface area contributed by atoms with Crippen LogP contribution in [0.15, 0.2) is 0 Å². The zero-order valence-electron chi connectivity index (χ0n) is 14.4. The van der Waals surface area contributed by atoms with E-state index < -0.39 is 47.9 Å². The van der Waals surface area contributed by atoms with E-state index >= 15 is 0 Å². The van der Waals surface area contributed by atoms with Crippen molar-refractivity contribution in [3.63, 3.8) is 0 Å². The van der Waals surface area contributed by atoms with E-state index in [9.17, 15) is 24.0 Å². The molecule has 2 amide bonds. The predicted molar refractivity (Wildman–Crippen MR) is 85.1 cm³/mol. The molecule has 0 saturated carbocycles. The van der Waals surface area contributed by atoms with Gasteiger partial charge in [-0.2, -0.15) is 0 Å². The average Bonchev–Trinajstić information content (AvgIpc) is 2.45. The number of carboxylic acids is 3. The van der Waals surface area contributed by atoms with Crippen molar-refractivity contribution in [2.45, 2.75) is 58.5 Å². The molecule has 0 rings (SSSR count). The van der Waals surface area contributed by atoms with Crippen molar-refractivity contribution >= 4 is 29.7 Å². The Balaban J connectivity index is 4.71. The third-order valence-electron chi connectivity index (χ3n) is 3.35. The van der Waals surface area contributed by atoms with Gasteiger partial charge in [0.15, 0.2) is 0 Å². The van der Waals surface area contributed by atoms with Crippen LogP contribution in [0.5, 0.6) is 0 Å². The molecule has 2 atom stereocenters. The number of urea groups is 1. The molecule has 2 unspecified atom stereocenters. The van der Waals surface area contributed by atoms with E-state index in [4.69, 9.17) is 15.3 Å². The van der Waals surface area contributed by atoms with Gasteiger partial charge in [0.05, 0.1) is 0 Å². The van der Waals surface area contributed by atoms with Gasteiger partial charge >= 0.3 is 23.9 Å². The predicted octanol–water partition coefficient (Wildman–Crippen LogP) is 0.452. The first-order valence-corrected chi connectivity index (χ1v) is 7.62. The average molecular weight is 360 g/mol. The molecule has 5 N–H and O–H groups in total. The highest BCUT2D eigenvalue weighted by Gasteiger charge is 2.27. The fourth-order valence-corrected chi connectivity index (χ4v) is 1.79. The van der Waals surface area contributed by atoms with Crippen LogP contribution in [0.25, 0.3) is 0 Å². The second kappa shape index (κ2) is 9.60. The molecule has 0 aliphatic heterocycles. The lowest BCUT2D eigenvalue weighted by molar-refractivity contribution is -0.141. The summed E-state index contributed by atoms with van der Waals surface area (Å²) in [7, 11) is 0. The number of carboxylic acid groups (broad SMARTS) is 3. The Labute approximate surface area is 144 Å². The van der Waals surface area contributed by atoms with E-state index in [0.717, 1.165) is 0 Å². The summed E-state index contributed by atoms with van der Waals surface area (Å²) in [4.78, 5) is 56.3. The standard InChI is InChI=1S/C15H24N2O8/c1-15(2,3)10(18)6-4-8(12(21)22)16-14(25)17-9(13(23)24)5-7-11(19)20/h8-9H,4-7H2,1-3H3,(H,19,20)(H,21,22)(H,23,24)(H2,16,17,25). The molecule has 0 aromatic carbocycles. The third kappa shape index (κ3) is 9.28. The Hall–Kier alpha value is -2.65. The fraction of sp³-hybridized carbons (Fsp3) is 0.667. The van der Waals surface area contributed by atoms with Crippen molar-refractivity contribution in [1.82, 2.24) is 10.6 Å². The smallest absolute Gasteiger partial charge is 0.326 e. The van der Waals surface area contributed by atoms with Gasteiger partial charge in [-0.3, -0.25) is 9.59 Å². The molecule has 10 nitrogen and oxygen atoms in total. The first-order valence-electron chi connectivity index (χ1n) is 7.62. The second-order valence-corrected chi connectivity index (χ2v) is 6.54. The van der Waals surface area contributed by atoms with Crippen LogP contribution in [0.2, 0.25) is 0 Å². The summed E-state index contributed by atoms with van der Waals surface area (Å²) in [5, 5.41) is 30.7. The van der Waals surface area contributed by atoms with Crippen molar-refractivity contribution in [3.8, 4) is 0 Å². The minimum absolute atomic E-state index is 0.0673. The van der Waals surface area contributed by atoms with E-state index in [1.807, 2.05) is 5.32 Å². The van der Waals surface area contributed by atoms with Gasteiger partial charge in [-0.25, -0.2) is 14.4 Å². The summed E-state index contributed by atoms with van der Waals surface area (Å²) in [5.74, 6) is -4.20. The van der Waals surface area contributed by atoms with Crippen molar-refractivity contribution in [2.24, 2.45) is 5.41 Å². The fourth-order valence-electron chi connectivity index (χ4n) is 1.79. The van der Waals surface area contributed by atoms with Gasteiger partial charge in [0.25, 0.3) is 0 Å². The molecule has 142 valence electrons. The molecule has 0 heterocycles. The molecule has 0 fully saturated rings. The Bertz CT molecular complexity index is 538. The van der Waals surface area contributed by atoms with Crippen molar-refractivity contribution in [2.75, 3.05) is 0 Å². The zero-order chi connectivity index (χ0) is 19.8. The Morgan fingerprint density at radius 3 is 1.52 bits per heavy atom. The number of rotatable bonds is 10. The maximum atomic E-state index is 11.8. The SMILES string of the molecule is CC(C)(C)C(=O)CCC(NC(=O)NC(CCC(=O)O)C(=O)O)C(=O)O. The lowest BCUT2D eigenvalue weighted by Crippen LogP contribution is -2.51. The van der Waals surface area contributed by atoms with Crippen LogP contribution in [0, 0.1) is 5.41 Å². The number of amides is 2. The van der Waals surface area contributed by atoms with Gasteiger partial charge in [0.2, 0.25) is 0 Å². The largest absolute Gasteiger partial charge is 0.481 e. The van der Waals surface area contributed by atoms with E-state index in [2.05, 4.69) is 5.32 Å². The van der Waals surface area contributed by atoms with E-state index in [1.165, 1.54) is 0 Å². The number of ketones is 1. The van der Waals surface area contributed by atoms with Crippen LogP contribution in [-0.2, 0) is 19.2 Å². The molecule has 0 aromatic rings. The normalized spacial score (nSPS) is 13.4. The molecule has 0 aliphatic carbocycles.